The third kappa shape index (κ3) is 2.03. The van der Waals surface area contributed by atoms with Crippen LogP contribution in [-0.4, -0.2) is 23.6 Å². The first-order valence-corrected chi connectivity index (χ1v) is 7.66. The normalized spacial score (nSPS) is 36.0. The molecule has 2 heteroatoms. The molecule has 0 aromatic carbocycles. The number of rotatable bonds is 2. The molecule has 1 aliphatic heterocycles. The highest BCUT2D eigenvalue weighted by Gasteiger charge is 2.65. The van der Waals surface area contributed by atoms with Crippen LogP contribution >= 0.6 is 11.8 Å². The minimum atomic E-state index is 0.471. The monoisotopic (exact) mass is 241 g/mol. The lowest BCUT2D eigenvalue weighted by molar-refractivity contribution is 0.308. The minimum absolute atomic E-state index is 0.471. The maximum atomic E-state index is 3.91. The predicted octanol–water partition coefficient (Wildman–Crippen LogP) is 3.54. The first-order chi connectivity index (χ1) is 7.17. The van der Waals surface area contributed by atoms with Crippen molar-refractivity contribution in [2.75, 3.05) is 11.5 Å². The molecule has 0 aromatic heterocycles. The Kier molecular flexibility index (Phi) is 2.91. The smallest absolute Gasteiger partial charge is 0.0184 e. The Morgan fingerprint density at radius 2 is 1.56 bits per heavy atom. The van der Waals surface area contributed by atoms with Crippen LogP contribution in [0.25, 0.3) is 0 Å². The fraction of sp³-hybridized carbons (Fsp3) is 1.00. The zero-order valence-corrected chi connectivity index (χ0v) is 12.5. The van der Waals surface area contributed by atoms with Crippen molar-refractivity contribution in [1.82, 2.24) is 5.32 Å². The quantitative estimate of drug-likeness (QED) is 0.793. The molecule has 1 aliphatic carbocycles. The Bertz CT molecular complexity index is 266. The molecule has 1 nitrogen and oxygen atoms in total. The maximum Gasteiger partial charge on any atom is 0.0184 e. The van der Waals surface area contributed by atoms with Gasteiger partial charge in [0.25, 0.3) is 0 Å². The van der Waals surface area contributed by atoms with E-state index in [1.54, 1.807) is 0 Å². The van der Waals surface area contributed by atoms with E-state index in [0.29, 0.717) is 22.3 Å². The Hall–Kier alpha value is 0.310. The summed E-state index contributed by atoms with van der Waals surface area (Å²) in [6.07, 6.45) is 1.34. The van der Waals surface area contributed by atoms with Crippen molar-refractivity contribution in [3.8, 4) is 0 Å². The topological polar surface area (TPSA) is 12.0 Å². The Labute approximate surface area is 105 Å². The lowest BCUT2D eigenvalue weighted by Gasteiger charge is -2.35. The van der Waals surface area contributed by atoms with Gasteiger partial charge in [-0.2, -0.15) is 11.8 Å². The number of hydrogen-bond donors (Lipinski definition) is 1. The average Bonchev–Trinajstić information content (AvgIpc) is 2.46. The van der Waals surface area contributed by atoms with Crippen LogP contribution in [0.1, 0.15) is 48.0 Å². The number of thioether (sulfide) groups is 1. The first-order valence-electron chi connectivity index (χ1n) is 6.51. The molecule has 16 heavy (non-hydrogen) atoms. The van der Waals surface area contributed by atoms with Gasteiger partial charge in [0.15, 0.2) is 0 Å². The largest absolute Gasteiger partial charge is 0.309 e. The lowest BCUT2D eigenvalue weighted by Crippen LogP contribution is -2.43. The Morgan fingerprint density at radius 1 is 1.00 bits per heavy atom. The summed E-state index contributed by atoms with van der Waals surface area (Å²) in [5.74, 6) is 2.62. The van der Waals surface area contributed by atoms with Gasteiger partial charge in [0.2, 0.25) is 0 Å². The summed E-state index contributed by atoms with van der Waals surface area (Å²) in [5.41, 5.74) is 1.46. The molecule has 1 unspecified atom stereocenters. The van der Waals surface area contributed by atoms with Crippen LogP contribution < -0.4 is 5.32 Å². The summed E-state index contributed by atoms with van der Waals surface area (Å²) in [4.78, 5) is 0. The molecule has 1 N–H and O–H groups in total. The highest BCUT2D eigenvalue weighted by atomic mass is 32.2. The molecule has 1 saturated carbocycles. The van der Waals surface area contributed by atoms with Crippen molar-refractivity contribution in [2.45, 2.75) is 60.0 Å². The molecule has 0 bridgehead atoms. The van der Waals surface area contributed by atoms with E-state index in [-0.39, 0.29) is 0 Å². The standard InChI is InChI=1S/C14H27NS/c1-12(2)7-10(8-16-9-12)15-11-13(3,4)14(11,5)6/h10-11,15H,7-9H2,1-6H3. The lowest BCUT2D eigenvalue weighted by atomic mass is 9.87. The summed E-state index contributed by atoms with van der Waals surface area (Å²) >= 11 is 2.12. The third-order valence-corrected chi connectivity index (χ3v) is 6.66. The molecule has 0 aromatic rings. The number of nitrogens with one attached hydrogen (secondary N) is 1. The Morgan fingerprint density at radius 3 is 2.00 bits per heavy atom. The van der Waals surface area contributed by atoms with Gasteiger partial charge in [0.05, 0.1) is 0 Å². The van der Waals surface area contributed by atoms with Crippen molar-refractivity contribution in [3.63, 3.8) is 0 Å². The van der Waals surface area contributed by atoms with Crippen LogP contribution in [0.5, 0.6) is 0 Å². The summed E-state index contributed by atoms with van der Waals surface area (Å²) in [5, 5.41) is 3.91. The van der Waals surface area contributed by atoms with Gasteiger partial charge < -0.3 is 5.32 Å². The van der Waals surface area contributed by atoms with Crippen LogP contribution in [-0.2, 0) is 0 Å². The van der Waals surface area contributed by atoms with E-state index in [1.165, 1.54) is 17.9 Å². The molecule has 0 amide bonds. The van der Waals surface area contributed by atoms with Crippen LogP contribution in [0.4, 0.5) is 0 Å². The van der Waals surface area contributed by atoms with Crippen molar-refractivity contribution in [2.24, 2.45) is 16.2 Å². The molecule has 1 saturated heterocycles. The molecular weight excluding hydrogens is 214 g/mol. The van der Waals surface area contributed by atoms with Gasteiger partial charge in [0.1, 0.15) is 0 Å². The summed E-state index contributed by atoms with van der Waals surface area (Å²) in [7, 11) is 0. The Balaban J connectivity index is 1.92. The van der Waals surface area contributed by atoms with Gasteiger partial charge >= 0.3 is 0 Å². The van der Waals surface area contributed by atoms with E-state index in [0.717, 1.165) is 6.04 Å². The van der Waals surface area contributed by atoms with Gasteiger partial charge in [0, 0.05) is 17.8 Å². The van der Waals surface area contributed by atoms with Crippen LogP contribution in [0.3, 0.4) is 0 Å². The van der Waals surface area contributed by atoms with Crippen molar-refractivity contribution in [1.29, 1.82) is 0 Å². The predicted molar refractivity (Wildman–Crippen MR) is 74.0 cm³/mol. The van der Waals surface area contributed by atoms with Crippen LogP contribution in [0, 0.1) is 16.2 Å². The van der Waals surface area contributed by atoms with E-state index >= 15 is 0 Å². The third-order valence-electron chi connectivity index (χ3n) is 5.03. The van der Waals surface area contributed by atoms with Crippen molar-refractivity contribution < 1.29 is 0 Å². The van der Waals surface area contributed by atoms with Gasteiger partial charge in [-0.15, -0.1) is 0 Å². The second-order valence-corrected chi connectivity index (χ2v) is 8.65. The van der Waals surface area contributed by atoms with Crippen molar-refractivity contribution in [3.05, 3.63) is 0 Å². The van der Waals surface area contributed by atoms with Crippen LogP contribution in [0.15, 0.2) is 0 Å². The molecule has 1 heterocycles. The van der Waals surface area contributed by atoms with Gasteiger partial charge in [-0.3, -0.25) is 0 Å². The molecule has 2 aliphatic rings. The molecular formula is C14H27NS. The number of hydrogen-bond acceptors (Lipinski definition) is 2. The van der Waals surface area contributed by atoms with Crippen molar-refractivity contribution >= 4 is 11.8 Å². The van der Waals surface area contributed by atoms with Gasteiger partial charge in [-0.05, 0) is 28.4 Å². The highest BCUT2D eigenvalue weighted by Crippen LogP contribution is 2.63. The second-order valence-electron chi connectivity index (χ2n) is 7.62. The van der Waals surface area contributed by atoms with E-state index in [9.17, 15) is 0 Å². The zero-order chi connectivity index (χ0) is 12.2. The molecule has 0 spiro atoms. The van der Waals surface area contributed by atoms with E-state index < -0.39 is 0 Å². The maximum absolute atomic E-state index is 3.91. The van der Waals surface area contributed by atoms with Crippen LogP contribution in [0.2, 0.25) is 0 Å². The molecule has 2 rings (SSSR count). The summed E-state index contributed by atoms with van der Waals surface area (Å²) in [6, 6.07) is 1.43. The van der Waals surface area contributed by atoms with E-state index in [1.807, 2.05) is 0 Å². The molecule has 2 fully saturated rings. The molecule has 1 atom stereocenters. The van der Waals surface area contributed by atoms with Gasteiger partial charge in [-0.1, -0.05) is 41.5 Å². The zero-order valence-electron chi connectivity index (χ0n) is 11.7. The van der Waals surface area contributed by atoms with E-state index in [2.05, 4.69) is 58.6 Å². The SMILES string of the molecule is CC1(C)CSCC(NC2C(C)(C)C2(C)C)C1. The van der Waals surface area contributed by atoms with E-state index in [4.69, 9.17) is 0 Å². The first kappa shape index (κ1) is 12.8. The molecule has 94 valence electrons. The average molecular weight is 241 g/mol. The summed E-state index contributed by atoms with van der Waals surface area (Å²) in [6.45, 7) is 14.4. The molecule has 0 radical (unpaired) electrons. The highest BCUT2D eigenvalue weighted by molar-refractivity contribution is 7.99. The van der Waals surface area contributed by atoms with Gasteiger partial charge in [-0.25, -0.2) is 0 Å². The fourth-order valence-electron chi connectivity index (χ4n) is 3.22. The summed E-state index contributed by atoms with van der Waals surface area (Å²) < 4.78 is 0. The second kappa shape index (κ2) is 3.65. The minimum Gasteiger partial charge on any atom is -0.309 e. The fourth-order valence-corrected chi connectivity index (χ4v) is 4.51.